The molecule has 0 unspecified atom stereocenters. The Morgan fingerprint density at radius 3 is 0.889 bits per heavy atom. The van der Waals surface area contributed by atoms with Crippen LogP contribution in [0, 0.1) is 0 Å². The van der Waals surface area contributed by atoms with Crippen LogP contribution in [0.3, 0.4) is 0 Å². The quantitative estimate of drug-likeness (QED) is 0.639. The van der Waals surface area contributed by atoms with Gasteiger partial charge < -0.3 is 0 Å². The van der Waals surface area contributed by atoms with E-state index in [-0.39, 0.29) is 86.7 Å². The van der Waals surface area contributed by atoms with Gasteiger partial charge in [0.1, 0.15) is 0 Å². The van der Waals surface area contributed by atoms with Crippen molar-refractivity contribution in [3.63, 3.8) is 0 Å². The average molecular weight is 315 g/mol. The van der Waals surface area contributed by atoms with E-state index in [1.807, 2.05) is 0 Å². The van der Waals surface area contributed by atoms with Crippen molar-refractivity contribution in [2.45, 2.75) is 0 Å². The molecule has 0 spiro atoms. The Morgan fingerprint density at radius 1 is 0.889 bits per heavy atom. The molecule has 0 aliphatic rings. The van der Waals surface area contributed by atoms with Gasteiger partial charge in [0.15, 0.2) is 16.9 Å². The maximum Gasteiger partial charge on any atom is 0.151 e. The molecule has 0 N–H and O–H groups in total. The monoisotopic (exact) mass is 315 g/mol. The Hall–Kier alpha value is 2.47. The summed E-state index contributed by atoms with van der Waals surface area (Å²) in [6.07, 6.45) is 0. The zero-order valence-electron chi connectivity index (χ0n) is 5.18. The Kier molecular flexibility index (Phi) is 157. The van der Waals surface area contributed by atoms with Crippen LogP contribution in [0.4, 0.5) is 0 Å². The van der Waals surface area contributed by atoms with E-state index in [4.69, 9.17) is 9.13 Å². The molecular formula is C2H6O2P2V2Y. The largest absolute Gasteiger partial charge is 0.275 e. The molecule has 2 nitrogen and oxygen atoms in total. The third-order valence-corrected chi connectivity index (χ3v) is 0. The molecule has 0 rings (SSSR count). The Balaban J connectivity index is -0.00000000889. The van der Waals surface area contributed by atoms with Gasteiger partial charge >= 0.3 is 0 Å². The second-order valence-corrected chi connectivity index (χ2v) is 1.10. The molecule has 0 aromatic rings. The van der Waals surface area contributed by atoms with Crippen molar-refractivity contribution >= 4 is 16.9 Å². The van der Waals surface area contributed by atoms with Crippen LogP contribution in [0.25, 0.3) is 0 Å². The first kappa shape index (κ1) is 30.0. The van der Waals surface area contributed by atoms with Crippen molar-refractivity contribution in [3.05, 3.63) is 0 Å². The van der Waals surface area contributed by atoms with E-state index in [2.05, 4.69) is 0 Å². The average Bonchev–Trinajstić information content (AvgIpc) is 1.39. The minimum atomic E-state index is 0. The fraction of sp³-hybridized carbons (Fsp3) is 1.00. The Labute approximate surface area is 108 Å². The van der Waals surface area contributed by atoms with Crippen LogP contribution in [0.5, 0.6) is 0 Å². The minimum absolute atomic E-state index is 0. The second-order valence-electron chi connectivity index (χ2n) is 0.365. The second kappa shape index (κ2) is 47.0. The number of hydrogen-bond donors (Lipinski definition) is 0. The van der Waals surface area contributed by atoms with E-state index < -0.39 is 0 Å². The summed E-state index contributed by atoms with van der Waals surface area (Å²) in [4.78, 5) is 0. The molecule has 0 aromatic heterocycles. The third kappa shape index (κ3) is 123. The molecule has 7 heteroatoms. The summed E-state index contributed by atoms with van der Waals surface area (Å²) in [6, 6.07) is 0. The van der Waals surface area contributed by atoms with Crippen LogP contribution in [0.15, 0.2) is 0 Å². The van der Waals surface area contributed by atoms with Gasteiger partial charge in [0.05, 0.1) is 0 Å². The standard InChI is InChI=1S/2CH3OP.2V.Y/c2*1-3-2;;;/h2*1H3;;;. The van der Waals surface area contributed by atoms with Gasteiger partial charge in [-0.2, -0.15) is 0 Å². The van der Waals surface area contributed by atoms with Crippen LogP contribution in [0.2, 0.25) is 0 Å². The van der Waals surface area contributed by atoms with Crippen molar-refractivity contribution in [1.82, 2.24) is 0 Å². The summed E-state index contributed by atoms with van der Waals surface area (Å²) in [5.74, 6) is 0. The van der Waals surface area contributed by atoms with Crippen molar-refractivity contribution in [3.8, 4) is 0 Å². The third-order valence-electron chi connectivity index (χ3n) is 0. The van der Waals surface area contributed by atoms with Gasteiger partial charge in [-0.25, -0.2) is 0 Å². The molecule has 0 fully saturated rings. The molecule has 49 valence electrons. The van der Waals surface area contributed by atoms with Gasteiger partial charge in [-0.1, -0.05) is 0 Å². The predicted molar refractivity (Wildman–Crippen MR) is 27.1 cm³/mol. The first-order chi connectivity index (χ1) is 2.83. The predicted octanol–water partition coefficient (Wildman–Crippen LogP) is 1.81. The fourth-order valence-electron chi connectivity index (χ4n) is 0. The molecule has 0 heterocycles. The molecule has 0 amide bonds. The zero-order chi connectivity index (χ0) is 5.41. The maximum atomic E-state index is 8.90. The molecule has 0 saturated heterocycles. The molecule has 3 radical (unpaired) electrons. The first-order valence-electron chi connectivity index (χ1n) is 1.26. The van der Waals surface area contributed by atoms with E-state index in [0.717, 1.165) is 0 Å². The number of rotatable bonds is 0. The zero-order valence-corrected chi connectivity index (χ0v) is 12.6. The van der Waals surface area contributed by atoms with Crippen LogP contribution >= 0.6 is 16.9 Å². The fourth-order valence-corrected chi connectivity index (χ4v) is 0. The van der Waals surface area contributed by atoms with Crippen molar-refractivity contribution in [2.24, 2.45) is 0 Å². The first-order valence-corrected chi connectivity index (χ1v) is 3.78. The molecular weight excluding hydrogens is 309 g/mol. The van der Waals surface area contributed by atoms with E-state index in [9.17, 15) is 0 Å². The summed E-state index contributed by atoms with van der Waals surface area (Å²) in [5.41, 5.74) is 0. The molecule has 0 bridgehead atoms. The van der Waals surface area contributed by atoms with Crippen molar-refractivity contribution in [2.75, 3.05) is 13.3 Å². The van der Waals surface area contributed by atoms with Gasteiger partial charge in [0.25, 0.3) is 0 Å². The molecule has 0 atom stereocenters. The molecule has 0 aliphatic heterocycles. The van der Waals surface area contributed by atoms with Gasteiger partial charge in [-0.05, 0) is 0 Å². The summed E-state index contributed by atoms with van der Waals surface area (Å²) in [7, 11) is 0.333. The Morgan fingerprint density at radius 2 is 0.889 bits per heavy atom. The smallest absolute Gasteiger partial charge is 0.151 e. The van der Waals surface area contributed by atoms with Crippen LogP contribution < -0.4 is 0 Å². The minimum Gasteiger partial charge on any atom is -0.275 e. The van der Waals surface area contributed by atoms with E-state index >= 15 is 0 Å². The van der Waals surface area contributed by atoms with Gasteiger partial charge in [0.2, 0.25) is 0 Å². The maximum absolute atomic E-state index is 8.90. The van der Waals surface area contributed by atoms with Crippen molar-refractivity contribution < 1.29 is 79.0 Å². The Bertz CT molecular complexity index is 41.5. The summed E-state index contributed by atoms with van der Waals surface area (Å²) < 4.78 is 17.8. The van der Waals surface area contributed by atoms with Crippen molar-refractivity contribution in [1.29, 1.82) is 0 Å². The molecule has 0 saturated carbocycles. The summed E-state index contributed by atoms with van der Waals surface area (Å²) >= 11 is 0. The summed E-state index contributed by atoms with van der Waals surface area (Å²) in [5, 5.41) is 0. The van der Waals surface area contributed by atoms with Gasteiger partial charge in [-0.3, -0.25) is 9.13 Å². The van der Waals surface area contributed by atoms with Gasteiger partial charge in [0, 0.05) is 83.2 Å². The number of hydrogen-bond acceptors (Lipinski definition) is 2. The van der Waals surface area contributed by atoms with Crippen LogP contribution in [0.1, 0.15) is 0 Å². The molecule has 0 aromatic carbocycles. The van der Waals surface area contributed by atoms with Gasteiger partial charge in [-0.15, -0.1) is 0 Å². The van der Waals surface area contributed by atoms with E-state index in [1.165, 1.54) is 0 Å². The van der Waals surface area contributed by atoms with E-state index in [0.29, 0.717) is 0 Å². The SMILES string of the molecule is CP=O.CP=O.[V].[V].[Y]. The topological polar surface area (TPSA) is 34.1 Å². The summed E-state index contributed by atoms with van der Waals surface area (Å²) in [6.45, 7) is 3.08. The normalized spacial score (nSPS) is 4.67. The van der Waals surface area contributed by atoms with Crippen LogP contribution in [-0.2, 0) is 79.0 Å². The molecule has 9 heavy (non-hydrogen) atoms. The van der Waals surface area contributed by atoms with Crippen LogP contribution in [-0.4, -0.2) is 13.3 Å². The molecule has 0 aliphatic carbocycles. The van der Waals surface area contributed by atoms with E-state index in [1.54, 1.807) is 13.3 Å².